The number of halogens is 3. The fourth-order valence-corrected chi connectivity index (χ4v) is 3.46. The summed E-state index contributed by atoms with van der Waals surface area (Å²) in [6, 6.07) is 1.11. The fourth-order valence-electron chi connectivity index (χ4n) is 1.17. The Labute approximate surface area is 121 Å². The molecule has 0 aromatic heterocycles. The maximum atomic E-state index is 13.5. The van der Waals surface area contributed by atoms with Crippen LogP contribution in [0.5, 0.6) is 0 Å². The molecule has 10 heteroatoms. The molecule has 20 heavy (non-hydrogen) atoms. The van der Waals surface area contributed by atoms with Crippen LogP contribution in [0.2, 0.25) is 0 Å². The van der Waals surface area contributed by atoms with E-state index in [1.807, 2.05) is 0 Å². The lowest BCUT2D eigenvalue weighted by atomic mass is 10.1. The van der Waals surface area contributed by atoms with Crippen LogP contribution in [-0.2, 0) is 14.8 Å². The predicted octanol–water partition coefficient (Wildman–Crippen LogP) is 0.841. The molecule has 112 valence electrons. The van der Waals surface area contributed by atoms with Gasteiger partial charge in [-0.3, -0.25) is 0 Å². The number of hydrogen-bond acceptors (Lipinski definition) is 4. The molecule has 0 bridgehead atoms. The zero-order valence-electron chi connectivity index (χ0n) is 10.0. The van der Waals surface area contributed by atoms with E-state index in [0.717, 1.165) is 13.0 Å². The third-order valence-electron chi connectivity index (χ3n) is 2.30. The molecular weight excluding hydrogens is 364 g/mol. The van der Waals surface area contributed by atoms with Gasteiger partial charge in [0.15, 0.2) is 5.60 Å². The summed E-state index contributed by atoms with van der Waals surface area (Å²) < 4.78 is 51.5. The number of aliphatic hydroxyl groups is 1. The van der Waals surface area contributed by atoms with E-state index in [0.29, 0.717) is 6.07 Å². The summed E-state index contributed by atoms with van der Waals surface area (Å²) in [7, 11) is -4.47. The van der Waals surface area contributed by atoms with Gasteiger partial charge in [-0.1, -0.05) is 0 Å². The average Bonchev–Trinajstić information content (AvgIpc) is 2.24. The van der Waals surface area contributed by atoms with Crippen molar-refractivity contribution >= 4 is 31.9 Å². The van der Waals surface area contributed by atoms with E-state index >= 15 is 0 Å². The van der Waals surface area contributed by atoms with Crippen molar-refractivity contribution in [2.24, 2.45) is 0 Å². The molecule has 0 spiro atoms. The Bertz CT molecular complexity index is 624. The molecule has 1 unspecified atom stereocenters. The van der Waals surface area contributed by atoms with E-state index in [-0.39, 0.29) is 4.47 Å². The van der Waals surface area contributed by atoms with E-state index in [2.05, 4.69) is 15.9 Å². The molecule has 0 amide bonds. The molecule has 1 atom stereocenters. The van der Waals surface area contributed by atoms with Crippen molar-refractivity contribution in [1.29, 1.82) is 0 Å². The van der Waals surface area contributed by atoms with E-state index in [9.17, 15) is 27.1 Å². The summed E-state index contributed by atoms with van der Waals surface area (Å²) in [4.78, 5) is 9.76. The minimum Gasteiger partial charge on any atom is -0.479 e. The number of aliphatic carboxylic acids is 1. The van der Waals surface area contributed by atoms with Gasteiger partial charge in [0.25, 0.3) is 0 Å². The third kappa shape index (κ3) is 3.72. The number of nitrogens with one attached hydrogen (secondary N) is 1. The molecule has 0 fully saturated rings. The number of carbonyl (C=O) groups is 1. The van der Waals surface area contributed by atoms with Gasteiger partial charge in [0, 0.05) is 10.5 Å². The highest BCUT2D eigenvalue weighted by molar-refractivity contribution is 9.10. The average molecular weight is 374 g/mol. The Kier molecular flexibility index (Phi) is 4.85. The Morgan fingerprint density at radius 3 is 2.45 bits per heavy atom. The minimum atomic E-state index is -4.47. The first-order valence-electron chi connectivity index (χ1n) is 5.07. The van der Waals surface area contributed by atoms with Gasteiger partial charge in [-0.25, -0.2) is 26.7 Å². The van der Waals surface area contributed by atoms with E-state index in [4.69, 9.17) is 5.11 Å². The number of rotatable bonds is 5. The quantitative estimate of drug-likeness (QED) is 0.709. The Balaban J connectivity index is 3.11. The van der Waals surface area contributed by atoms with Gasteiger partial charge in [-0.05, 0) is 28.9 Å². The van der Waals surface area contributed by atoms with Crippen LogP contribution in [0.25, 0.3) is 0 Å². The van der Waals surface area contributed by atoms with Gasteiger partial charge < -0.3 is 10.2 Å². The van der Waals surface area contributed by atoms with Gasteiger partial charge in [0.1, 0.15) is 16.5 Å². The van der Waals surface area contributed by atoms with E-state index in [1.165, 1.54) is 0 Å². The van der Waals surface area contributed by atoms with Crippen molar-refractivity contribution in [3.05, 3.63) is 28.2 Å². The van der Waals surface area contributed by atoms with Crippen molar-refractivity contribution in [3.8, 4) is 0 Å². The number of benzene rings is 1. The Morgan fingerprint density at radius 1 is 1.45 bits per heavy atom. The summed E-state index contributed by atoms with van der Waals surface area (Å²) in [5, 5.41) is 18.0. The lowest BCUT2D eigenvalue weighted by Crippen LogP contribution is -2.46. The molecule has 0 aliphatic carbocycles. The maximum Gasteiger partial charge on any atom is 0.336 e. The van der Waals surface area contributed by atoms with Crippen LogP contribution in [0.4, 0.5) is 8.78 Å². The minimum absolute atomic E-state index is 0.363. The molecule has 0 radical (unpaired) electrons. The zero-order valence-corrected chi connectivity index (χ0v) is 12.4. The Morgan fingerprint density at radius 2 is 2.00 bits per heavy atom. The van der Waals surface area contributed by atoms with Crippen LogP contribution in [0.3, 0.4) is 0 Å². The molecule has 0 aliphatic heterocycles. The summed E-state index contributed by atoms with van der Waals surface area (Å²) >= 11 is 2.71. The number of hydrogen-bond donors (Lipinski definition) is 3. The number of sulfonamides is 1. The van der Waals surface area contributed by atoms with Crippen molar-refractivity contribution in [2.45, 2.75) is 17.4 Å². The standard InChI is InChI=1S/C10H10BrF2NO5S/c1-10(17,9(15)16)4-14-20(18,19)8-6(11)2-5(12)3-7(8)13/h2-3,14,17H,4H2,1H3,(H,15,16). The van der Waals surface area contributed by atoms with Gasteiger partial charge >= 0.3 is 5.97 Å². The second-order valence-electron chi connectivity index (χ2n) is 4.10. The summed E-state index contributed by atoms with van der Waals surface area (Å²) in [5.74, 6) is -3.98. The zero-order chi connectivity index (χ0) is 15.7. The van der Waals surface area contributed by atoms with Crippen LogP contribution in [0, 0.1) is 11.6 Å². The monoisotopic (exact) mass is 373 g/mol. The Hall–Kier alpha value is -1.10. The maximum absolute atomic E-state index is 13.5. The highest BCUT2D eigenvalue weighted by Gasteiger charge is 2.33. The van der Waals surface area contributed by atoms with Crippen LogP contribution in [0.1, 0.15) is 6.92 Å². The van der Waals surface area contributed by atoms with Gasteiger partial charge in [-0.15, -0.1) is 0 Å². The predicted molar refractivity (Wildman–Crippen MR) is 67.5 cm³/mol. The molecule has 0 aliphatic rings. The van der Waals surface area contributed by atoms with Crippen molar-refractivity contribution < 1.29 is 32.2 Å². The van der Waals surface area contributed by atoms with Gasteiger partial charge in [-0.2, -0.15) is 0 Å². The molecule has 0 saturated carbocycles. The van der Waals surface area contributed by atoms with Gasteiger partial charge in [0.05, 0.1) is 6.54 Å². The molecule has 0 saturated heterocycles. The normalized spacial score (nSPS) is 14.8. The smallest absolute Gasteiger partial charge is 0.336 e. The first-order valence-corrected chi connectivity index (χ1v) is 7.35. The highest BCUT2D eigenvalue weighted by atomic mass is 79.9. The molecule has 3 N–H and O–H groups in total. The second kappa shape index (κ2) is 5.72. The van der Waals surface area contributed by atoms with E-state index < -0.39 is 44.7 Å². The lowest BCUT2D eigenvalue weighted by Gasteiger charge is -2.18. The van der Waals surface area contributed by atoms with E-state index in [1.54, 1.807) is 4.72 Å². The molecule has 6 nitrogen and oxygen atoms in total. The van der Waals surface area contributed by atoms with Crippen LogP contribution in [-0.4, -0.2) is 36.7 Å². The molecule has 1 rings (SSSR count). The fraction of sp³-hybridized carbons (Fsp3) is 0.300. The summed E-state index contributed by atoms with van der Waals surface area (Å²) in [5.41, 5.74) is -2.37. The molecule has 1 aromatic carbocycles. The summed E-state index contributed by atoms with van der Waals surface area (Å²) in [6.45, 7) is -0.0121. The number of carboxylic acids is 1. The van der Waals surface area contributed by atoms with Crippen molar-refractivity contribution in [1.82, 2.24) is 4.72 Å². The van der Waals surface area contributed by atoms with Crippen LogP contribution < -0.4 is 4.72 Å². The lowest BCUT2D eigenvalue weighted by molar-refractivity contribution is -0.155. The van der Waals surface area contributed by atoms with Crippen molar-refractivity contribution in [2.75, 3.05) is 6.54 Å². The highest BCUT2D eigenvalue weighted by Crippen LogP contribution is 2.26. The van der Waals surface area contributed by atoms with Crippen LogP contribution >= 0.6 is 15.9 Å². The molecule has 0 heterocycles. The SMILES string of the molecule is CC(O)(CNS(=O)(=O)c1c(F)cc(F)cc1Br)C(=O)O. The third-order valence-corrected chi connectivity index (χ3v) is 4.66. The van der Waals surface area contributed by atoms with Crippen LogP contribution in [0.15, 0.2) is 21.5 Å². The molecule has 1 aromatic rings. The second-order valence-corrected chi connectivity index (χ2v) is 6.66. The largest absolute Gasteiger partial charge is 0.479 e. The first-order chi connectivity index (χ1) is 8.97. The topological polar surface area (TPSA) is 104 Å². The summed E-state index contributed by atoms with van der Waals surface area (Å²) in [6.07, 6.45) is 0. The van der Waals surface area contributed by atoms with Crippen molar-refractivity contribution in [3.63, 3.8) is 0 Å². The number of carboxylic acid groups (broad SMARTS) is 1. The molecular formula is C10H10BrF2NO5S. The first kappa shape index (κ1) is 17.0. The van der Waals surface area contributed by atoms with Gasteiger partial charge in [0.2, 0.25) is 10.0 Å².